The summed E-state index contributed by atoms with van der Waals surface area (Å²) in [6, 6.07) is 3.52. The van der Waals surface area contributed by atoms with Gasteiger partial charge < -0.3 is 5.32 Å². The number of hydrogen-bond acceptors (Lipinski definition) is 2. The third-order valence-corrected chi connectivity index (χ3v) is 4.25. The first-order valence-corrected chi connectivity index (χ1v) is 8.08. The summed E-state index contributed by atoms with van der Waals surface area (Å²) in [4.78, 5) is 12.5. The van der Waals surface area contributed by atoms with Crippen molar-refractivity contribution in [1.29, 1.82) is 0 Å². The molecule has 1 amide bonds. The lowest BCUT2D eigenvalue weighted by atomic mass is 10.0. The molecule has 0 aromatic carbocycles. The van der Waals surface area contributed by atoms with Crippen LogP contribution in [0.2, 0.25) is 4.34 Å². The van der Waals surface area contributed by atoms with E-state index in [0.29, 0.717) is 15.1 Å². The van der Waals surface area contributed by atoms with Crippen molar-refractivity contribution in [3.05, 3.63) is 21.3 Å². The van der Waals surface area contributed by atoms with Crippen molar-refractivity contribution in [3.8, 4) is 0 Å². The Morgan fingerprint density at radius 1 is 1.53 bits per heavy atom. The standard InChI is InChI=1S/C12H17BrClNOS/c1-2-3-9(6-7-13)8-15-12(16)10-4-5-11(14)17-10/h4-5,9H,2-3,6-8H2,1H3,(H,15,16). The Morgan fingerprint density at radius 3 is 2.82 bits per heavy atom. The zero-order valence-corrected chi connectivity index (χ0v) is 13.0. The molecule has 2 nitrogen and oxygen atoms in total. The maximum atomic E-state index is 11.8. The molecule has 0 saturated carbocycles. The monoisotopic (exact) mass is 337 g/mol. The number of thiophene rings is 1. The Kier molecular flexibility index (Phi) is 7.16. The molecule has 17 heavy (non-hydrogen) atoms. The van der Waals surface area contributed by atoms with Crippen molar-refractivity contribution in [2.75, 3.05) is 11.9 Å². The molecule has 0 aliphatic carbocycles. The summed E-state index contributed by atoms with van der Waals surface area (Å²) in [5.41, 5.74) is 0. The molecule has 0 bridgehead atoms. The normalized spacial score (nSPS) is 12.4. The van der Waals surface area contributed by atoms with Crippen molar-refractivity contribution in [1.82, 2.24) is 5.32 Å². The van der Waals surface area contributed by atoms with Crippen molar-refractivity contribution in [2.45, 2.75) is 26.2 Å². The van der Waals surface area contributed by atoms with Gasteiger partial charge in [0.05, 0.1) is 9.21 Å². The largest absolute Gasteiger partial charge is 0.351 e. The van der Waals surface area contributed by atoms with Gasteiger partial charge in [0.15, 0.2) is 0 Å². The van der Waals surface area contributed by atoms with Crippen LogP contribution in [0.5, 0.6) is 0 Å². The Hall–Kier alpha value is -0.0600. The Balaban J connectivity index is 2.40. The minimum Gasteiger partial charge on any atom is -0.351 e. The molecule has 1 heterocycles. The number of carbonyl (C=O) groups is 1. The quantitative estimate of drug-likeness (QED) is 0.737. The summed E-state index contributed by atoms with van der Waals surface area (Å²) < 4.78 is 0.653. The maximum Gasteiger partial charge on any atom is 0.261 e. The Morgan fingerprint density at radius 2 is 2.29 bits per heavy atom. The average molecular weight is 339 g/mol. The second kappa shape index (κ2) is 8.11. The van der Waals surface area contributed by atoms with Gasteiger partial charge in [-0.25, -0.2) is 0 Å². The molecule has 0 spiro atoms. The molecular formula is C12H17BrClNOS. The lowest BCUT2D eigenvalue weighted by Crippen LogP contribution is -2.28. The predicted octanol–water partition coefficient (Wildman–Crippen LogP) is 4.33. The van der Waals surface area contributed by atoms with Gasteiger partial charge in [-0.15, -0.1) is 11.3 Å². The predicted molar refractivity (Wildman–Crippen MR) is 78.5 cm³/mol. The maximum absolute atomic E-state index is 11.8. The fourth-order valence-corrected chi connectivity index (χ4v) is 3.28. The van der Waals surface area contributed by atoms with E-state index in [1.165, 1.54) is 11.3 Å². The molecule has 1 aromatic rings. The Labute approximate surface area is 120 Å². The van der Waals surface area contributed by atoms with Crippen molar-refractivity contribution >= 4 is 44.8 Å². The third kappa shape index (κ3) is 5.40. The second-order valence-corrected chi connectivity index (χ2v) is 6.45. The van der Waals surface area contributed by atoms with E-state index in [-0.39, 0.29) is 5.91 Å². The zero-order valence-electron chi connectivity index (χ0n) is 9.84. The van der Waals surface area contributed by atoms with Crippen molar-refractivity contribution in [2.24, 2.45) is 5.92 Å². The molecule has 1 atom stereocenters. The number of carbonyl (C=O) groups excluding carboxylic acids is 1. The topological polar surface area (TPSA) is 29.1 Å². The second-order valence-electron chi connectivity index (χ2n) is 3.95. The van der Waals surface area contributed by atoms with Crippen molar-refractivity contribution < 1.29 is 4.79 Å². The highest BCUT2D eigenvalue weighted by Crippen LogP contribution is 2.21. The summed E-state index contributed by atoms with van der Waals surface area (Å²) >= 11 is 10.6. The van der Waals surface area contributed by atoms with Gasteiger partial charge in [0.25, 0.3) is 5.91 Å². The summed E-state index contributed by atoms with van der Waals surface area (Å²) in [6.45, 7) is 2.91. The van der Waals surface area contributed by atoms with Gasteiger partial charge in [-0.3, -0.25) is 4.79 Å². The molecule has 0 fully saturated rings. The van der Waals surface area contributed by atoms with Crippen molar-refractivity contribution in [3.63, 3.8) is 0 Å². The van der Waals surface area contributed by atoms with Crippen LogP contribution in [0.25, 0.3) is 0 Å². The molecule has 0 aliphatic rings. The number of alkyl halides is 1. The summed E-state index contributed by atoms with van der Waals surface area (Å²) in [5.74, 6) is 0.538. The van der Waals surface area contributed by atoms with Crippen LogP contribution in [0.3, 0.4) is 0 Å². The number of rotatable bonds is 7. The first kappa shape index (κ1) is 15.0. The summed E-state index contributed by atoms with van der Waals surface area (Å²) in [7, 11) is 0. The van der Waals surface area contributed by atoms with Crippen LogP contribution < -0.4 is 5.32 Å². The molecule has 0 aliphatic heterocycles. The van der Waals surface area contributed by atoms with Gasteiger partial charge in [-0.05, 0) is 30.9 Å². The average Bonchev–Trinajstić information content (AvgIpc) is 2.73. The van der Waals surface area contributed by atoms with Crippen LogP contribution in [0.1, 0.15) is 35.9 Å². The summed E-state index contributed by atoms with van der Waals surface area (Å²) in [5, 5.41) is 3.96. The molecule has 1 aromatic heterocycles. The fourth-order valence-electron chi connectivity index (χ4n) is 1.67. The van der Waals surface area contributed by atoms with E-state index < -0.39 is 0 Å². The van der Waals surface area contributed by atoms with Gasteiger partial charge >= 0.3 is 0 Å². The zero-order chi connectivity index (χ0) is 12.7. The van der Waals surface area contributed by atoms with Crippen LogP contribution in [0.4, 0.5) is 0 Å². The molecule has 1 rings (SSSR count). The van der Waals surface area contributed by atoms with E-state index in [1.54, 1.807) is 12.1 Å². The highest BCUT2D eigenvalue weighted by molar-refractivity contribution is 9.09. The number of hydrogen-bond donors (Lipinski definition) is 1. The van der Waals surface area contributed by atoms with E-state index in [4.69, 9.17) is 11.6 Å². The molecule has 1 unspecified atom stereocenters. The molecule has 96 valence electrons. The summed E-state index contributed by atoms with van der Waals surface area (Å²) in [6.07, 6.45) is 3.40. The van der Waals surface area contributed by atoms with Crippen LogP contribution in [-0.4, -0.2) is 17.8 Å². The highest BCUT2D eigenvalue weighted by atomic mass is 79.9. The van der Waals surface area contributed by atoms with Gasteiger partial charge in [0.1, 0.15) is 0 Å². The van der Waals surface area contributed by atoms with Crippen LogP contribution in [-0.2, 0) is 0 Å². The lowest BCUT2D eigenvalue weighted by Gasteiger charge is -2.15. The smallest absolute Gasteiger partial charge is 0.261 e. The lowest BCUT2D eigenvalue weighted by molar-refractivity contribution is 0.0950. The van der Waals surface area contributed by atoms with Gasteiger partial charge in [0, 0.05) is 11.9 Å². The van der Waals surface area contributed by atoms with Crippen LogP contribution in [0, 0.1) is 5.92 Å². The molecule has 0 radical (unpaired) electrons. The number of amides is 1. The van der Waals surface area contributed by atoms with E-state index in [9.17, 15) is 4.79 Å². The minimum atomic E-state index is -0.0161. The highest BCUT2D eigenvalue weighted by Gasteiger charge is 2.12. The first-order valence-electron chi connectivity index (χ1n) is 5.76. The SMILES string of the molecule is CCCC(CCBr)CNC(=O)c1ccc(Cl)s1. The van der Waals surface area contributed by atoms with E-state index in [0.717, 1.165) is 31.1 Å². The van der Waals surface area contributed by atoms with E-state index >= 15 is 0 Å². The van der Waals surface area contributed by atoms with Crippen LogP contribution >= 0.6 is 38.9 Å². The van der Waals surface area contributed by atoms with Gasteiger partial charge in [0.2, 0.25) is 0 Å². The molecule has 1 N–H and O–H groups in total. The van der Waals surface area contributed by atoms with E-state index in [1.807, 2.05) is 0 Å². The van der Waals surface area contributed by atoms with E-state index in [2.05, 4.69) is 28.2 Å². The number of halogens is 2. The van der Waals surface area contributed by atoms with Crippen LogP contribution in [0.15, 0.2) is 12.1 Å². The minimum absolute atomic E-state index is 0.0161. The van der Waals surface area contributed by atoms with Gasteiger partial charge in [-0.2, -0.15) is 0 Å². The van der Waals surface area contributed by atoms with Gasteiger partial charge in [-0.1, -0.05) is 40.9 Å². The first-order chi connectivity index (χ1) is 8.17. The Bertz CT molecular complexity index is 350. The molecule has 5 heteroatoms. The fraction of sp³-hybridized carbons (Fsp3) is 0.583. The molecule has 0 saturated heterocycles. The third-order valence-electron chi connectivity index (χ3n) is 2.56. The number of nitrogens with one attached hydrogen (secondary N) is 1. The molecular weight excluding hydrogens is 322 g/mol.